The van der Waals surface area contributed by atoms with E-state index in [1.807, 2.05) is 0 Å². The lowest BCUT2D eigenvalue weighted by atomic mass is 10.0. The molecular formula is C13H27N3O3. The third-order valence-corrected chi connectivity index (χ3v) is 2.87. The molecule has 6 nitrogen and oxygen atoms in total. The van der Waals surface area contributed by atoms with Crippen LogP contribution in [-0.2, 0) is 14.3 Å². The number of rotatable bonds is 11. The van der Waals surface area contributed by atoms with Crippen molar-refractivity contribution in [2.24, 2.45) is 5.92 Å². The van der Waals surface area contributed by atoms with Gasteiger partial charge in [-0.15, -0.1) is 0 Å². The van der Waals surface area contributed by atoms with Gasteiger partial charge in [0.1, 0.15) is 0 Å². The highest BCUT2D eigenvalue weighted by Gasteiger charge is 2.23. The topological polar surface area (TPSA) is 71.6 Å². The van der Waals surface area contributed by atoms with E-state index in [9.17, 15) is 4.79 Å². The second-order valence-electron chi connectivity index (χ2n) is 4.98. The van der Waals surface area contributed by atoms with Gasteiger partial charge in [0.15, 0.2) is 0 Å². The van der Waals surface area contributed by atoms with Crippen LogP contribution in [0.25, 0.3) is 0 Å². The molecule has 0 aromatic carbocycles. The van der Waals surface area contributed by atoms with Gasteiger partial charge in [-0.2, -0.15) is 0 Å². The Labute approximate surface area is 115 Å². The predicted molar refractivity (Wildman–Crippen MR) is 74.1 cm³/mol. The number of carbonyl (C=O) groups is 1. The van der Waals surface area contributed by atoms with Crippen molar-refractivity contribution >= 4 is 5.91 Å². The molecule has 1 heterocycles. The number of amides is 1. The Morgan fingerprint density at radius 3 is 2.32 bits per heavy atom. The molecule has 0 atom stereocenters. The molecule has 112 valence electrons. The second kappa shape index (κ2) is 10.1. The van der Waals surface area contributed by atoms with Crippen molar-refractivity contribution < 1.29 is 14.3 Å². The summed E-state index contributed by atoms with van der Waals surface area (Å²) in [4.78, 5) is 11.4. The molecule has 0 aromatic heterocycles. The molecule has 19 heavy (non-hydrogen) atoms. The Morgan fingerprint density at radius 2 is 1.79 bits per heavy atom. The van der Waals surface area contributed by atoms with Crippen molar-refractivity contribution in [2.75, 3.05) is 52.6 Å². The van der Waals surface area contributed by atoms with Gasteiger partial charge in [0.25, 0.3) is 0 Å². The highest BCUT2D eigenvalue weighted by molar-refractivity contribution is 5.79. The minimum absolute atomic E-state index is 0.123. The molecule has 0 aromatic rings. The van der Waals surface area contributed by atoms with Crippen molar-refractivity contribution in [3.05, 3.63) is 0 Å². The molecule has 0 saturated carbocycles. The first-order chi connectivity index (χ1) is 9.20. The first-order valence-corrected chi connectivity index (χ1v) is 7.07. The minimum atomic E-state index is 0.123. The van der Waals surface area contributed by atoms with E-state index in [2.05, 4.69) is 29.8 Å². The van der Waals surface area contributed by atoms with E-state index in [1.54, 1.807) is 0 Å². The van der Waals surface area contributed by atoms with Gasteiger partial charge >= 0.3 is 0 Å². The smallest absolute Gasteiger partial charge is 0.225 e. The first kappa shape index (κ1) is 16.4. The summed E-state index contributed by atoms with van der Waals surface area (Å²) < 4.78 is 10.8. The van der Waals surface area contributed by atoms with Gasteiger partial charge in [-0.1, -0.05) is 13.8 Å². The van der Waals surface area contributed by atoms with Crippen LogP contribution in [0.4, 0.5) is 0 Å². The van der Waals surface area contributed by atoms with Crippen molar-refractivity contribution in [3.8, 4) is 0 Å². The van der Waals surface area contributed by atoms with Crippen molar-refractivity contribution in [3.63, 3.8) is 0 Å². The maximum Gasteiger partial charge on any atom is 0.225 e. The lowest BCUT2D eigenvalue weighted by Gasteiger charge is -2.25. The van der Waals surface area contributed by atoms with Gasteiger partial charge in [0.2, 0.25) is 5.91 Å². The lowest BCUT2D eigenvalue weighted by Crippen LogP contribution is -2.51. The van der Waals surface area contributed by atoms with E-state index in [1.165, 1.54) is 0 Å². The van der Waals surface area contributed by atoms with E-state index >= 15 is 0 Å². The van der Waals surface area contributed by atoms with Gasteiger partial charge < -0.3 is 25.4 Å². The Hall–Kier alpha value is -0.690. The van der Waals surface area contributed by atoms with Crippen LogP contribution in [0.2, 0.25) is 0 Å². The van der Waals surface area contributed by atoms with Crippen LogP contribution in [0.5, 0.6) is 0 Å². The van der Waals surface area contributed by atoms with E-state index in [-0.39, 0.29) is 11.8 Å². The normalized spacial score (nSPS) is 15.5. The minimum Gasteiger partial charge on any atom is -0.378 e. The third-order valence-electron chi connectivity index (χ3n) is 2.87. The van der Waals surface area contributed by atoms with Crippen LogP contribution in [0.1, 0.15) is 13.8 Å². The summed E-state index contributed by atoms with van der Waals surface area (Å²) in [6.07, 6.45) is 0. The quantitative estimate of drug-likeness (QED) is 0.437. The lowest BCUT2D eigenvalue weighted by molar-refractivity contribution is -0.126. The van der Waals surface area contributed by atoms with E-state index in [0.29, 0.717) is 39.0 Å². The average molecular weight is 273 g/mol. The summed E-state index contributed by atoms with van der Waals surface area (Å²) in [6, 6.07) is 0.495. The van der Waals surface area contributed by atoms with Crippen LogP contribution in [0.3, 0.4) is 0 Å². The van der Waals surface area contributed by atoms with Gasteiger partial charge in [0, 0.05) is 32.2 Å². The highest BCUT2D eigenvalue weighted by Crippen LogP contribution is 2.01. The van der Waals surface area contributed by atoms with E-state index < -0.39 is 0 Å². The third kappa shape index (κ3) is 8.15. The maximum absolute atomic E-state index is 11.4. The van der Waals surface area contributed by atoms with E-state index in [4.69, 9.17) is 9.47 Å². The van der Waals surface area contributed by atoms with Crippen LogP contribution < -0.4 is 16.0 Å². The Bertz CT molecular complexity index is 245. The Kier molecular flexibility index (Phi) is 8.73. The predicted octanol–water partition coefficient (Wildman–Crippen LogP) is -0.647. The molecule has 6 heteroatoms. The van der Waals surface area contributed by atoms with E-state index in [0.717, 1.165) is 19.6 Å². The van der Waals surface area contributed by atoms with Gasteiger partial charge in [-0.05, 0) is 0 Å². The number of carbonyl (C=O) groups excluding carboxylic acids is 1. The van der Waals surface area contributed by atoms with Crippen molar-refractivity contribution in [1.29, 1.82) is 0 Å². The summed E-state index contributed by atoms with van der Waals surface area (Å²) in [6.45, 7) is 9.66. The fourth-order valence-electron chi connectivity index (χ4n) is 1.61. The molecule has 1 amide bonds. The molecule has 1 aliphatic heterocycles. The molecule has 1 fully saturated rings. The molecule has 1 saturated heterocycles. The SMILES string of the molecule is CC(C)NCCOCCOCCNC(=O)C1CNC1. The summed E-state index contributed by atoms with van der Waals surface area (Å²) in [7, 11) is 0. The molecule has 0 aliphatic carbocycles. The van der Waals surface area contributed by atoms with Crippen LogP contribution >= 0.6 is 0 Å². The maximum atomic E-state index is 11.4. The fourth-order valence-corrected chi connectivity index (χ4v) is 1.61. The standard InChI is InChI=1S/C13H27N3O3/c1-11(2)15-3-5-18-7-8-19-6-4-16-13(17)12-9-14-10-12/h11-12,14-15H,3-10H2,1-2H3,(H,16,17). The summed E-state index contributed by atoms with van der Waals surface area (Å²) in [5.41, 5.74) is 0. The molecule has 0 radical (unpaired) electrons. The Morgan fingerprint density at radius 1 is 1.16 bits per heavy atom. The van der Waals surface area contributed by atoms with Crippen molar-refractivity contribution in [1.82, 2.24) is 16.0 Å². The highest BCUT2D eigenvalue weighted by atomic mass is 16.5. The van der Waals surface area contributed by atoms with Crippen LogP contribution in [-0.4, -0.2) is 64.6 Å². The van der Waals surface area contributed by atoms with Gasteiger partial charge in [-0.3, -0.25) is 4.79 Å². The zero-order valence-electron chi connectivity index (χ0n) is 12.0. The molecule has 0 spiro atoms. The number of hydrogen-bond acceptors (Lipinski definition) is 5. The first-order valence-electron chi connectivity index (χ1n) is 7.07. The molecule has 1 aliphatic rings. The molecule has 1 rings (SSSR count). The molecule has 0 bridgehead atoms. The largest absolute Gasteiger partial charge is 0.378 e. The zero-order chi connectivity index (χ0) is 13.9. The number of ether oxygens (including phenoxy) is 2. The molecule has 0 unspecified atom stereocenters. The fraction of sp³-hybridized carbons (Fsp3) is 0.923. The van der Waals surface area contributed by atoms with Crippen LogP contribution in [0, 0.1) is 5.92 Å². The summed E-state index contributed by atoms with van der Waals surface area (Å²) >= 11 is 0. The van der Waals surface area contributed by atoms with Crippen LogP contribution in [0.15, 0.2) is 0 Å². The number of hydrogen-bond donors (Lipinski definition) is 3. The molecule has 3 N–H and O–H groups in total. The number of nitrogens with one attached hydrogen (secondary N) is 3. The monoisotopic (exact) mass is 273 g/mol. The van der Waals surface area contributed by atoms with Gasteiger partial charge in [-0.25, -0.2) is 0 Å². The summed E-state index contributed by atoms with van der Waals surface area (Å²) in [5.74, 6) is 0.273. The zero-order valence-corrected chi connectivity index (χ0v) is 12.0. The summed E-state index contributed by atoms with van der Waals surface area (Å²) in [5, 5.41) is 9.20. The second-order valence-corrected chi connectivity index (χ2v) is 4.98. The molecular weight excluding hydrogens is 246 g/mol. The Balaban J connectivity index is 1.75. The van der Waals surface area contributed by atoms with Crippen molar-refractivity contribution in [2.45, 2.75) is 19.9 Å². The van der Waals surface area contributed by atoms with Gasteiger partial charge in [0.05, 0.1) is 32.3 Å². The average Bonchev–Trinajstić information content (AvgIpc) is 2.29.